The SMILES string of the molecule is CCCn1cc(NC(=O)N2CCC(O)(C(F)(F)F)CC2)cn1. The predicted octanol–water partition coefficient (Wildman–Crippen LogP) is 2.21. The van der Waals surface area contributed by atoms with Crippen LogP contribution < -0.4 is 5.32 Å². The number of urea groups is 1. The Balaban J connectivity index is 1.89. The van der Waals surface area contributed by atoms with Crippen molar-refractivity contribution >= 4 is 11.7 Å². The van der Waals surface area contributed by atoms with Gasteiger partial charge >= 0.3 is 12.2 Å². The lowest BCUT2D eigenvalue weighted by molar-refractivity contribution is -0.271. The summed E-state index contributed by atoms with van der Waals surface area (Å²) in [6.45, 7) is 2.42. The normalized spacial score (nSPS) is 18.3. The first-order valence-corrected chi connectivity index (χ1v) is 7.12. The zero-order valence-corrected chi connectivity index (χ0v) is 12.2. The van der Waals surface area contributed by atoms with E-state index in [1.54, 1.807) is 10.9 Å². The molecule has 0 radical (unpaired) electrons. The molecule has 2 N–H and O–H groups in total. The lowest BCUT2D eigenvalue weighted by Gasteiger charge is -2.38. The van der Waals surface area contributed by atoms with Crippen LogP contribution in [0, 0.1) is 0 Å². The molecule has 2 heterocycles. The third-order valence-corrected chi connectivity index (χ3v) is 3.74. The Labute approximate surface area is 125 Å². The smallest absolute Gasteiger partial charge is 0.380 e. The minimum absolute atomic E-state index is 0.148. The fraction of sp³-hybridized carbons (Fsp3) is 0.692. The summed E-state index contributed by atoms with van der Waals surface area (Å²) in [6, 6.07) is -0.486. The first kappa shape index (κ1) is 16.6. The van der Waals surface area contributed by atoms with Gasteiger partial charge in [-0.1, -0.05) is 6.92 Å². The number of rotatable bonds is 3. The van der Waals surface area contributed by atoms with E-state index >= 15 is 0 Å². The Morgan fingerprint density at radius 1 is 1.45 bits per heavy atom. The number of carbonyl (C=O) groups is 1. The number of hydrogen-bond acceptors (Lipinski definition) is 3. The van der Waals surface area contributed by atoms with Gasteiger partial charge in [0.05, 0.1) is 11.9 Å². The lowest BCUT2D eigenvalue weighted by atomic mass is 9.91. The number of anilines is 1. The van der Waals surface area contributed by atoms with Crippen LogP contribution in [-0.2, 0) is 6.54 Å². The van der Waals surface area contributed by atoms with E-state index in [0.717, 1.165) is 13.0 Å². The summed E-state index contributed by atoms with van der Waals surface area (Å²) < 4.78 is 39.8. The lowest BCUT2D eigenvalue weighted by Crippen LogP contribution is -2.55. The van der Waals surface area contributed by atoms with Crippen molar-refractivity contribution in [1.29, 1.82) is 0 Å². The average Bonchev–Trinajstić information content (AvgIpc) is 2.86. The van der Waals surface area contributed by atoms with Crippen LogP contribution in [0.1, 0.15) is 26.2 Å². The summed E-state index contributed by atoms with van der Waals surface area (Å²) >= 11 is 0. The predicted molar refractivity (Wildman–Crippen MR) is 73.3 cm³/mol. The van der Waals surface area contributed by atoms with Gasteiger partial charge in [-0.15, -0.1) is 0 Å². The van der Waals surface area contributed by atoms with E-state index < -0.39 is 30.7 Å². The minimum atomic E-state index is -4.67. The molecular weight excluding hydrogens is 301 g/mol. The number of aliphatic hydroxyl groups is 1. The topological polar surface area (TPSA) is 70.4 Å². The molecule has 1 aliphatic rings. The van der Waals surface area contributed by atoms with Crippen molar-refractivity contribution in [1.82, 2.24) is 14.7 Å². The Kier molecular flexibility index (Phi) is 4.64. The van der Waals surface area contributed by atoms with E-state index in [-0.39, 0.29) is 13.1 Å². The largest absolute Gasteiger partial charge is 0.417 e. The molecule has 9 heteroatoms. The maximum absolute atomic E-state index is 12.7. The number of halogens is 3. The Bertz CT molecular complexity index is 522. The maximum Gasteiger partial charge on any atom is 0.417 e. The summed E-state index contributed by atoms with van der Waals surface area (Å²) in [5.74, 6) is 0. The maximum atomic E-state index is 12.7. The molecule has 1 aromatic rings. The van der Waals surface area contributed by atoms with Crippen LogP contribution in [-0.4, -0.2) is 50.7 Å². The molecule has 0 spiro atoms. The molecule has 0 bridgehead atoms. The molecule has 1 saturated heterocycles. The average molecular weight is 320 g/mol. The Morgan fingerprint density at radius 3 is 2.64 bits per heavy atom. The number of hydrogen-bond donors (Lipinski definition) is 2. The van der Waals surface area contributed by atoms with Crippen molar-refractivity contribution in [2.24, 2.45) is 0 Å². The standard InChI is InChI=1S/C13H19F3N4O2/c1-2-5-20-9-10(8-17-20)18-11(21)19-6-3-12(22,4-7-19)13(14,15)16/h8-9,22H,2-7H2,1H3,(H,18,21). The second-order valence-corrected chi connectivity index (χ2v) is 5.44. The van der Waals surface area contributed by atoms with Gasteiger partial charge in [0.2, 0.25) is 0 Å². The molecule has 6 nitrogen and oxygen atoms in total. The summed E-state index contributed by atoms with van der Waals surface area (Å²) in [5, 5.41) is 16.2. The summed E-state index contributed by atoms with van der Waals surface area (Å²) in [5.41, 5.74) is -2.20. The number of alkyl halides is 3. The van der Waals surface area contributed by atoms with Crippen LogP contribution in [0.3, 0.4) is 0 Å². The van der Waals surface area contributed by atoms with E-state index in [1.165, 1.54) is 11.1 Å². The second-order valence-electron chi connectivity index (χ2n) is 5.44. The van der Waals surface area contributed by atoms with Gasteiger partial charge in [-0.3, -0.25) is 4.68 Å². The number of aromatic nitrogens is 2. The number of amides is 2. The van der Waals surface area contributed by atoms with E-state index in [4.69, 9.17) is 0 Å². The molecule has 2 amide bonds. The molecule has 1 aromatic heterocycles. The van der Waals surface area contributed by atoms with Crippen LogP contribution in [0.25, 0.3) is 0 Å². The minimum Gasteiger partial charge on any atom is -0.380 e. The molecule has 0 atom stereocenters. The molecule has 0 unspecified atom stereocenters. The van der Waals surface area contributed by atoms with Crippen molar-refractivity contribution in [2.75, 3.05) is 18.4 Å². The molecular formula is C13H19F3N4O2. The number of nitrogens with one attached hydrogen (secondary N) is 1. The molecule has 0 aliphatic carbocycles. The quantitative estimate of drug-likeness (QED) is 0.897. The molecule has 22 heavy (non-hydrogen) atoms. The van der Waals surface area contributed by atoms with Gasteiger partial charge in [-0.05, 0) is 6.42 Å². The van der Waals surface area contributed by atoms with Crippen LogP contribution >= 0.6 is 0 Å². The highest BCUT2D eigenvalue weighted by atomic mass is 19.4. The van der Waals surface area contributed by atoms with E-state index in [0.29, 0.717) is 5.69 Å². The fourth-order valence-corrected chi connectivity index (χ4v) is 2.35. The number of carbonyl (C=O) groups excluding carboxylic acids is 1. The molecule has 124 valence electrons. The Morgan fingerprint density at radius 2 is 2.09 bits per heavy atom. The van der Waals surface area contributed by atoms with Gasteiger partial charge in [0.25, 0.3) is 0 Å². The molecule has 1 fully saturated rings. The highest BCUT2D eigenvalue weighted by Crippen LogP contribution is 2.38. The van der Waals surface area contributed by atoms with Gasteiger partial charge in [0.1, 0.15) is 0 Å². The Hall–Kier alpha value is -1.77. The van der Waals surface area contributed by atoms with Crippen LogP contribution in [0.2, 0.25) is 0 Å². The van der Waals surface area contributed by atoms with Gasteiger partial charge in [0.15, 0.2) is 5.60 Å². The van der Waals surface area contributed by atoms with Crippen molar-refractivity contribution in [3.63, 3.8) is 0 Å². The fourth-order valence-electron chi connectivity index (χ4n) is 2.35. The number of piperidine rings is 1. The zero-order valence-electron chi connectivity index (χ0n) is 12.2. The van der Waals surface area contributed by atoms with E-state index in [1.807, 2.05) is 6.92 Å². The highest BCUT2D eigenvalue weighted by Gasteiger charge is 2.54. The molecule has 0 aromatic carbocycles. The third-order valence-electron chi connectivity index (χ3n) is 3.74. The van der Waals surface area contributed by atoms with Crippen molar-refractivity contribution < 1.29 is 23.1 Å². The first-order valence-electron chi connectivity index (χ1n) is 7.12. The third kappa shape index (κ3) is 3.52. The van der Waals surface area contributed by atoms with Gasteiger partial charge in [-0.25, -0.2) is 4.79 Å². The molecule has 2 rings (SSSR count). The zero-order chi connectivity index (χ0) is 16.4. The second kappa shape index (κ2) is 6.15. The first-order chi connectivity index (χ1) is 10.2. The number of aryl methyl sites for hydroxylation is 1. The van der Waals surface area contributed by atoms with Crippen molar-refractivity contribution in [3.05, 3.63) is 12.4 Å². The van der Waals surface area contributed by atoms with Crippen LogP contribution in [0.5, 0.6) is 0 Å². The summed E-state index contributed by atoms with van der Waals surface area (Å²) in [7, 11) is 0. The number of nitrogens with zero attached hydrogens (tertiary/aromatic N) is 3. The van der Waals surface area contributed by atoms with Gasteiger partial charge < -0.3 is 15.3 Å². The van der Waals surface area contributed by atoms with Gasteiger partial charge in [-0.2, -0.15) is 18.3 Å². The van der Waals surface area contributed by atoms with Crippen molar-refractivity contribution in [3.8, 4) is 0 Å². The van der Waals surface area contributed by atoms with Gasteiger partial charge in [0, 0.05) is 38.7 Å². The highest BCUT2D eigenvalue weighted by molar-refractivity contribution is 5.89. The monoisotopic (exact) mass is 320 g/mol. The molecule has 1 aliphatic heterocycles. The number of likely N-dealkylation sites (tertiary alicyclic amines) is 1. The summed E-state index contributed by atoms with van der Waals surface area (Å²) in [4.78, 5) is 13.3. The van der Waals surface area contributed by atoms with Crippen molar-refractivity contribution in [2.45, 2.75) is 44.5 Å². The van der Waals surface area contributed by atoms with Crippen LogP contribution in [0.4, 0.5) is 23.7 Å². The molecule has 0 saturated carbocycles. The summed E-state index contributed by atoms with van der Waals surface area (Å²) in [6.07, 6.45) is -1.65. The van der Waals surface area contributed by atoms with Crippen LogP contribution in [0.15, 0.2) is 12.4 Å². The van der Waals surface area contributed by atoms with E-state index in [9.17, 15) is 23.1 Å². The van der Waals surface area contributed by atoms with E-state index in [2.05, 4.69) is 10.4 Å².